The van der Waals surface area contributed by atoms with Gasteiger partial charge in [0.1, 0.15) is 24.6 Å². The number of ether oxygens (including phenoxy) is 5. The van der Waals surface area contributed by atoms with Crippen LogP contribution in [0.2, 0.25) is 0 Å². The van der Waals surface area contributed by atoms with Crippen molar-refractivity contribution in [3.05, 3.63) is 169 Å². The van der Waals surface area contributed by atoms with E-state index in [1.807, 2.05) is 47.6 Å². The third-order valence-electron chi connectivity index (χ3n) is 12.5. The second-order valence-corrected chi connectivity index (χ2v) is 28.0. The van der Waals surface area contributed by atoms with Crippen LogP contribution in [0.3, 0.4) is 0 Å². The van der Waals surface area contributed by atoms with Crippen molar-refractivity contribution in [2.75, 3.05) is 53.9 Å². The van der Waals surface area contributed by atoms with Gasteiger partial charge >= 0.3 is 11.4 Å². The largest absolute Gasteiger partial charge is 0.381 e. The molecule has 420 valence electrons. The van der Waals surface area contributed by atoms with Gasteiger partial charge in [0.05, 0.1) is 32.5 Å². The summed E-state index contributed by atoms with van der Waals surface area (Å²) < 4.78 is 53.1. The lowest BCUT2D eigenvalue weighted by Gasteiger charge is -2.31. The van der Waals surface area contributed by atoms with Gasteiger partial charge in [0.2, 0.25) is 13.0 Å². The molecule has 18 nitrogen and oxygen atoms in total. The number of nitrogens with zero attached hydrogens (tertiary/aromatic N) is 2. The van der Waals surface area contributed by atoms with Crippen LogP contribution in [-0.2, 0) is 70.2 Å². The molecule has 0 spiro atoms. The van der Waals surface area contributed by atoms with Crippen molar-refractivity contribution >= 4 is 71.2 Å². The second kappa shape index (κ2) is 31.5. The minimum atomic E-state index is -2.58. The summed E-state index contributed by atoms with van der Waals surface area (Å²) in [5.41, 5.74) is 0.172. The molecule has 5 heterocycles. The van der Waals surface area contributed by atoms with Gasteiger partial charge in [0.15, 0.2) is 12.5 Å². The van der Waals surface area contributed by atoms with Gasteiger partial charge in [0.25, 0.3) is 11.1 Å². The lowest BCUT2D eigenvalue weighted by Crippen LogP contribution is -2.36. The molecule has 8 atom stereocenters. The van der Waals surface area contributed by atoms with Crippen molar-refractivity contribution in [1.29, 1.82) is 0 Å². The van der Waals surface area contributed by atoms with Crippen molar-refractivity contribution in [3.63, 3.8) is 0 Å². The highest BCUT2D eigenvalue weighted by Gasteiger charge is 2.44. The van der Waals surface area contributed by atoms with Crippen molar-refractivity contribution in [2.45, 2.75) is 91.3 Å². The first-order valence-corrected chi connectivity index (χ1v) is 32.8. The number of carbonyl (C=O) groups is 1. The standard InChI is InChI=1S/C23H26O2P2S.C16H25N2O6PS.C11H14N2O5.C4H8O/c1-3-24-27(28,25-4-2)20-26(21-14-8-5-9-15-21,22-16-10-6-11-17-22)23-18-12-7-13-19-23;1-5-22-25(26,23-6-2)10-8-12-11(3)14(21-4)15(24-12)18-9-7-13(19)17-16(18)20;1-6-7(5-14)18-10(9(6)17-2)13-4-3-8(15)12-11(13)16;1-2-4-5-3-1/h5-20H,3-4H2,1-2H3;7-12,14-15H,5-6H2,1-4H3,(H,17,19,20);3-7,9-10H,1-2H3,(H,12,15,16);1-4H2/b;10-8+;;/t;11?,12-,14+,15-;6?,7-,9+,10-;/m.11./s1. The molecule has 2 aromatic heterocycles. The summed E-state index contributed by atoms with van der Waals surface area (Å²) in [6.45, 7) is 8.17. The third-order valence-corrected chi connectivity index (χ3v) is 23.8. The summed E-state index contributed by atoms with van der Waals surface area (Å²) in [5, 5.41) is 3.75. The van der Waals surface area contributed by atoms with E-state index >= 15 is 0 Å². The number of benzene rings is 3. The number of nitrogens with one attached hydrogen (secondary N) is 2. The predicted octanol–water partition coefficient (Wildman–Crippen LogP) is 7.18. The Labute approximate surface area is 460 Å². The fourth-order valence-corrected chi connectivity index (χ4v) is 20.4. The number of rotatable bonds is 19. The zero-order valence-electron chi connectivity index (χ0n) is 44.8. The fourth-order valence-electron chi connectivity index (χ4n) is 8.86. The molecule has 5 aromatic rings. The number of methoxy groups -OCH3 is 2. The number of hydrogen-bond acceptors (Lipinski definition) is 16. The molecule has 0 aliphatic carbocycles. The Morgan fingerprint density at radius 3 is 1.30 bits per heavy atom. The monoisotopic (exact) mass is 1160 g/mol. The number of aromatic nitrogens is 4. The highest BCUT2D eigenvalue weighted by atomic mass is 32.5. The van der Waals surface area contributed by atoms with Crippen LogP contribution in [0.5, 0.6) is 0 Å². The van der Waals surface area contributed by atoms with Gasteiger partial charge in [0, 0.05) is 69.3 Å². The van der Waals surface area contributed by atoms with Crippen LogP contribution in [0.15, 0.2) is 147 Å². The normalized spacial score (nSPS) is 22.2. The van der Waals surface area contributed by atoms with Gasteiger partial charge in [-0.3, -0.25) is 28.7 Å². The average molecular weight is 1160 g/mol. The molecule has 23 heteroatoms. The lowest BCUT2D eigenvalue weighted by atomic mass is 10.0. The minimum absolute atomic E-state index is 0.0493. The molecule has 2 N–H and O–H groups in total. The Morgan fingerprint density at radius 2 is 0.961 bits per heavy atom. The van der Waals surface area contributed by atoms with E-state index in [1.165, 1.54) is 69.5 Å². The molecule has 77 heavy (non-hydrogen) atoms. The van der Waals surface area contributed by atoms with Gasteiger partial charge in [-0.05, 0) is 98.8 Å². The van der Waals surface area contributed by atoms with E-state index in [0.29, 0.717) is 32.7 Å². The van der Waals surface area contributed by atoms with Crippen LogP contribution in [0.1, 0.15) is 66.8 Å². The molecule has 3 fully saturated rings. The fraction of sp³-hybridized carbons (Fsp3) is 0.444. The van der Waals surface area contributed by atoms with Crippen molar-refractivity contribution in [2.24, 2.45) is 11.8 Å². The maximum Gasteiger partial charge on any atom is 0.330 e. The van der Waals surface area contributed by atoms with Crippen molar-refractivity contribution < 1.29 is 46.6 Å². The topological polar surface area (TPSA) is 210 Å². The Morgan fingerprint density at radius 1 is 0.584 bits per heavy atom. The number of H-pyrrole nitrogens is 2. The molecule has 0 saturated carbocycles. The first-order valence-electron chi connectivity index (χ1n) is 25.5. The quantitative estimate of drug-likeness (QED) is 0.0619. The Hall–Kier alpha value is -4.33. The van der Waals surface area contributed by atoms with Crippen LogP contribution in [0, 0.1) is 11.8 Å². The van der Waals surface area contributed by atoms with Crippen LogP contribution in [-0.4, -0.2) is 109 Å². The zero-order chi connectivity index (χ0) is 56.0. The zero-order valence-corrected chi connectivity index (χ0v) is 49.1. The number of aldehydes is 1. The molecular weight excluding hydrogens is 1090 g/mol. The first-order chi connectivity index (χ1) is 37.1. The molecule has 0 bridgehead atoms. The van der Waals surface area contributed by atoms with Crippen LogP contribution < -0.4 is 38.4 Å². The second-order valence-electron chi connectivity index (χ2n) is 17.5. The summed E-state index contributed by atoms with van der Waals surface area (Å²) in [7, 11) is 3.05. The van der Waals surface area contributed by atoms with Crippen molar-refractivity contribution in [3.8, 4) is 0 Å². The van der Waals surface area contributed by atoms with E-state index in [9.17, 15) is 24.0 Å². The summed E-state index contributed by atoms with van der Waals surface area (Å²) >= 11 is 11.5. The third kappa shape index (κ3) is 17.1. The van der Waals surface area contributed by atoms with Gasteiger partial charge in [-0.25, -0.2) is 9.59 Å². The molecular formula is C54H73N4O14P3S2. The minimum Gasteiger partial charge on any atom is -0.381 e. The highest BCUT2D eigenvalue weighted by molar-refractivity contribution is 8.23. The lowest BCUT2D eigenvalue weighted by molar-refractivity contribution is -0.121. The van der Waals surface area contributed by atoms with Gasteiger partial charge < -0.3 is 46.6 Å². The summed E-state index contributed by atoms with van der Waals surface area (Å²) in [6, 6.07) is 34.4. The Kier molecular flexibility index (Phi) is 25.9. The SMILES string of the molecule is C1CCOC1.CCOP(=S)(/C=C/[C@H]1O[C@@H](n2ccc(=O)[nH]c2=O)[C@@H](OC)C1C)OCC.CCOP(=S)(C=P(c1ccccc1)(c1ccccc1)c1ccccc1)OCC.CO[C@H]1C(C)[C@@H](C=O)O[C@H]1n1ccc(=O)[nH]c1=O. The Bertz CT molecular complexity index is 2900. The van der Waals surface area contributed by atoms with Gasteiger partial charge in [-0.1, -0.05) is 105 Å². The van der Waals surface area contributed by atoms with Gasteiger partial charge in [-0.2, -0.15) is 0 Å². The summed E-state index contributed by atoms with van der Waals surface area (Å²) in [6.07, 6.45) is 4.65. The number of hydrogen-bond donors (Lipinski definition) is 2. The predicted molar refractivity (Wildman–Crippen MR) is 312 cm³/mol. The highest BCUT2D eigenvalue weighted by Crippen LogP contribution is 2.56. The summed E-state index contributed by atoms with van der Waals surface area (Å²) in [4.78, 5) is 61.3. The van der Waals surface area contributed by atoms with E-state index in [0.717, 1.165) is 13.2 Å². The molecule has 0 amide bonds. The molecule has 2 unspecified atom stereocenters. The van der Waals surface area contributed by atoms with E-state index in [-0.39, 0.29) is 24.0 Å². The van der Waals surface area contributed by atoms with Crippen LogP contribution >= 0.6 is 19.9 Å². The van der Waals surface area contributed by atoms with E-state index in [1.54, 1.807) is 12.9 Å². The number of aromatic amines is 2. The maximum atomic E-state index is 12.1. The summed E-state index contributed by atoms with van der Waals surface area (Å²) in [5.74, 6) is 1.53. The molecule has 3 saturated heterocycles. The van der Waals surface area contributed by atoms with E-state index in [4.69, 9.17) is 65.4 Å². The molecule has 3 aliphatic rings. The molecule has 3 aliphatic heterocycles. The van der Waals surface area contributed by atoms with E-state index < -0.39 is 67.0 Å². The smallest absolute Gasteiger partial charge is 0.330 e. The van der Waals surface area contributed by atoms with Crippen LogP contribution in [0.25, 0.3) is 0 Å². The average Bonchev–Trinajstić information content (AvgIpc) is 4.19. The number of carbonyl (C=O) groups excluding carboxylic acids is 1. The maximum absolute atomic E-state index is 12.1. The molecule has 0 radical (unpaired) electrons. The van der Waals surface area contributed by atoms with Gasteiger partial charge in [-0.15, -0.1) is 0 Å². The van der Waals surface area contributed by atoms with Crippen molar-refractivity contribution in [1.82, 2.24) is 19.1 Å². The molecule has 8 rings (SSSR count). The molecule has 3 aromatic carbocycles. The van der Waals surface area contributed by atoms with E-state index in [2.05, 4.69) is 107 Å². The van der Waals surface area contributed by atoms with Crippen LogP contribution in [0.4, 0.5) is 0 Å². The first kappa shape index (κ1) is 63.5. The Balaban J connectivity index is 0.000000207.